The van der Waals surface area contributed by atoms with Gasteiger partial charge in [0, 0.05) is 31.7 Å². The first-order chi connectivity index (χ1) is 53.6. The van der Waals surface area contributed by atoms with Gasteiger partial charge in [0.25, 0.3) is 10.1 Å². The van der Waals surface area contributed by atoms with Crippen LogP contribution in [0, 0.1) is 0 Å². The van der Waals surface area contributed by atoms with E-state index in [4.69, 9.17) is 70.0 Å². The second-order valence-corrected chi connectivity index (χ2v) is 24.6. The number of nitrogens with two attached hydrogens (primary N) is 2. The minimum absolute atomic E-state index is 0. The summed E-state index contributed by atoms with van der Waals surface area (Å²) in [7, 11) is -3.67. The molecule has 0 aromatic heterocycles. The zero-order chi connectivity index (χ0) is 84.1. The van der Waals surface area contributed by atoms with Crippen LogP contribution in [0.2, 0.25) is 0 Å². The van der Waals surface area contributed by atoms with Crippen LogP contribution in [0.3, 0.4) is 0 Å². The molecule has 3 aliphatic heterocycles. The fraction of sp³-hybridized carbons (Fsp3) is 0.366. The molecule has 5 aromatic rings. The molecule has 0 bridgehead atoms. The standard InChI is InChI=1S/C14H16N2O5.C14H15NO6.2C13H16N2O5.C13H15NO6.C3H6O3.CH4O3S.2H3N.H2O/c17-12(18)7-6-11-13(19)15-9-16(11)14(20)21-8-10-4-2-1-3-5-10;16-12(17)7-6-11-13(18)21-9-15(11)14(19)20-8-10-4-2-1-3-5-10;2*14-12(18)10(6-7-11(16)17)15-13(19)20-8-9-4-2-1-3-5-9;15-11(16)7-6-10(12(17)18)14-13(19)20-8-9-4-2-1-3-5-9;1-4-2-6-3-5-1;1-5(2,3)4;;;/h1-5,11H,6-9H2,(H,15,19)(H,17,18);1-5,11H,6-9H2,(H,16,17);2*1-5,10H,6-8H2,(H2,14,18)(H,15,19)(H,16,17);1-5,10H,6-8H2,(H,14,19)(H,15,16)(H,17,18);1-3H2;1H3,(H,2,3,4);2*1H3;1H2/t2*11-;3*10-;;;;;/m00000...../s1. The maximum absolute atomic E-state index is 12.0. The van der Waals surface area contributed by atoms with Gasteiger partial charge in [0.15, 0.2) is 27.1 Å². The van der Waals surface area contributed by atoms with Crippen molar-refractivity contribution in [2.24, 2.45) is 11.5 Å². The molecular formula is C71H96N10O34S. The maximum atomic E-state index is 12.0. The Labute approximate surface area is 663 Å². The van der Waals surface area contributed by atoms with E-state index in [1.807, 2.05) is 66.7 Å². The first-order valence-corrected chi connectivity index (χ1v) is 35.3. The van der Waals surface area contributed by atoms with Gasteiger partial charge in [-0.15, -0.1) is 0 Å². The lowest BCUT2D eigenvalue weighted by atomic mass is 10.1. The van der Waals surface area contributed by atoms with Gasteiger partial charge in [-0.25, -0.2) is 33.6 Å². The molecule has 45 heteroatoms. The Kier molecular flexibility index (Phi) is 53.8. The van der Waals surface area contributed by atoms with E-state index >= 15 is 0 Å². The molecule has 44 nitrogen and oxygen atoms in total. The van der Waals surface area contributed by atoms with Gasteiger partial charge in [0.1, 0.15) is 63.2 Å². The average molecular weight is 1670 g/mol. The first-order valence-electron chi connectivity index (χ1n) is 33.5. The number of quaternary nitrogens is 1. The van der Waals surface area contributed by atoms with Crippen molar-refractivity contribution in [1.82, 2.24) is 43.4 Å². The largest absolute Gasteiger partial charge is 0.550 e. The SMILES string of the molecule is C1OCOCO1.CS(=O)(=O)O.N.NC(=O)[C@H](CCC(=O)O)NC(=O)OCc1ccccc1.NC(=O)[C@H](CCC(=O)[O-])NC(=O)OCc1ccccc1.O.O=C(O)CC[C@H](NC(=O)OCc1ccccc1)C(=O)O.O=C(O)CC[C@H]1C(=O)NCN1C(=O)OCc1ccccc1.O=C(O)CC[C@H]1C(=O)OCN1C(=O)OCc1ccccc1.[NH4+]. The molecule has 5 aromatic carbocycles. The normalized spacial score (nSPS) is 13.9. The molecule has 0 saturated carbocycles. The number of rotatable bonds is 31. The van der Waals surface area contributed by atoms with Crippen molar-refractivity contribution in [2.45, 2.75) is 127 Å². The molecule has 23 N–H and O–H groups in total. The van der Waals surface area contributed by atoms with Crippen LogP contribution >= 0.6 is 0 Å². The van der Waals surface area contributed by atoms with Crippen LogP contribution in [0.1, 0.15) is 92.0 Å². The van der Waals surface area contributed by atoms with Gasteiger partial charge in [0.2, 0.25) is 17.7 Å². The fourth-order valence-corrected chi connectivity index (χ4v) is 8.66. The van der Waals surface area contributed by atoms with Crippen LogP contribution < -0.4 is 50.1 Å². The number of hydrogen-bond donors (Lipinski definition) is 14. The van der Waals surface area contributed by atoms with Gasteiger partial charge < -0.3 is 129 Å². The van der Waals surface area contributed by atoms with Gasteiger partial charge >= 0.3 is 66.3 Å². The Morgan fingerprint density at radius 2 is 0.767 bits per heavy atom. The lowest BCUT2D eigenvalue weighted by molar-refractivity contribution is -0.305. The van der Waals surface area contributed by atoms with Gasteiger partial charge in [0.05, 0.1) is 12.9 Å². The Bertz CT molecular complexity index is 3620. The number of benzene rings is 5. The smallest absolute Gasteiger partial charge is 0.413 e. The van der Waals surface area contributed by atoms with Gasteiger partial charge in [-0.05, 0) is 66.3 Å². The number of ether oxygens (including phenoxy) is 9. The third-order valence-corrected chi connectivity index (χ3v) is 14.2. The highest BCUT2D eigenvalue weighted by atomic mass is 32.2. The van der Waals surface area contributed by atoms with E-state index in [0.717, 1.165) is 32.7 Å². The number of hydrogen-bond acceptors (Lipinski definition) is 28. The summed E-state index contributed by atoms with van der Waals surface area (Å²) in [6.45, 7) is 1.24. The van der Waals surface area contributed by atoms with Crippen molar-refractivity contribution in [2.75, 3.05) is 40.0 Å². The minimum atomic E-state index is -3.67. The topological polar surface area (TPSA) is 727 Å². The number of nitrogens with zero attached hydrogens (tertiary/aromatic N) is 2. The molecule has 8 amide bonds. The average Bonchev–Trinajstić information content (AvgIpc) is 1.70. The molecule has 3 fully saturated rings. The number of carbonyl (C=O) groups excluding carboxylic acids is 10. The Morgan fingerprint density at radius 3 is 1.06 bits per heavy atom. The van der Waals surface area contributed by atoms with Crippen LogP contribution in [0.15, 0.2) is 152 Å². The Hall–Kier alpha value is -13.2. The lowest BCUT2D eigenvalue weighted by Gasteiger charge is -2.20. The monoisotopic (exact) mass is 1660 g/mol. The summed E-state index contributed by atoms with van der Waals surface area (Å²) in [4.78, 5) is 169. The van der Waals surface area contributed by atoms with Crippen molar-refractivity contribution in [3.63, 3.8) is 0 Å². The van der Waals surface area contributed by atoms with Crippen LogP contribution in [0.4, 0.5) is 24.0 Å². The number of esters is 1. The summed E-state index contributed by atoms with van der Waals surface area (Å²) in [5.41, 5.74) is 14.1. The third-order valence-electron chi connectivity index (χ3n) is 14.2. The summed E-state index contributed by atoms with van der Waals surface area (Å²) >= 11 is 0. The molecule has 0 spiro atoms. The highest BCUT2D eigenvalue weighted by molar-refractivity contribution is 7.85. The third kappa shape index (κ3) is 50.7. The minimum Gasteiger partial charge on any atom is -0.550 e. The Morgan fingerprint density at radius 1 is 0.483 bits per heavy atom. The number of carboxylic acid groups (broad SMARTS) is 6. The number of primary amides is 2. The zero-order valence-corrected chi connectivity index (χ0v) is 63.6. The number of alkyl carbamates (subject to hydrolysis) is 3. The summed E-state index contributed by atoms with van der Waals surface area (Å²) in [6.07, 6.45) is -4.91. The predicted octanol–water partition coefficient (Wildman–Crippen LogP) is 2.62. The van der Waals surface area contributed by atoms with Crippen molar-refractivity contribution in [1.29, 1.82) is 0 Å². The van der Waals surface area contributed by atoms with Crippen molar-refractivity contribution in [3.8, 4) is 0 Å². The Balaban J connectivity index is 0. The van der Waals surface area contributed by atoms with Gasteiger partial charge in [-0.1, -0.05) is 152 Å². The van der Waals surface area contributed by atoms with Crippen LogP contribution in [0.5, 0.6) is 0 Å². The molecule has 640 valence electrons. The summed E-state index contributed by atoms with van der Waals surface area (Å²) in [5, 5.41) is 62.6. The maximum Gasteiger partial charge on any atom is 0.413 e. The van der Waals surface area contributed by atoms with E-state index in [0.29, 0.717) is 26.6 Å². The second-order valence-electron chi connectivity index (χ2n) is 23.1. The zero-order valence-electron chi connectivity index (χ0n) is 62.8. The van der Waals surface area contributed by atoms with E-state index in [1.165, 1.54) is 4.90 Å². The summed E-state index contributed by atoms with van der Waals surface area (Å²) in [6, 6.07) is 40.0. The summed E-state index contributed by atoms with van der Waals surface area (Å²) in [5.74, 6) is -9.46. The van der Waals surface area contributed by atoms with E-state index in [-0.39, 0.29) is 134 Å². The van der Waals surface area contributed by atoms with E-state index in [2.05, 4.69) is 35.5 Å². The highest BCUT2D eigenvalue weighted by Crippen LogP contribution is 2.19. The number of carbonyl (C=O) groups is 15. The molecule has 5 atom stereocenters. The lowest BCUT2D eigenvalue weighted by Crippen LogP contribution is -2.45. The van der Waals surface area contributed by atoms with Gasteiger partial charge in [-0.3, -0.25) is 47.9 Å². The van der Waals surface area contributed by atoms with Crippen LogP contribution in [-0.4, -0.2) is 214 Å². The van der Waals surface area contributed by atoms with Crippen molar-refractivity contribution >= 4 is 100 Å². The van der Waals surface area contributed by atoms with Crippen LogP contribution in [0.25, 0.3) is 0 Å². The van der Waals surface area contributed by atoms with E-state index in [9.17, 15) is 85.4 Å². The quantitative estimate of drug-likeness (QED) is 0.0172. The van der Waals surface area contributed by atoms with Gasteiger partial charge in [-0.2, -0.15) is 8.42 Å². The van der Waals surface area contributed by atoms with E-state index < -0.39 is 124 Å². The second kappa shape index (κ2) is 59.6. The molecule has 0 unspecified atom stereocenters. The number of amides is 8. The first kappa shape index (κ1) is 105. The molecular weight excluding hydrogens is 1570 g/mol. The number of cyclic esters (lactones) is 1. The molecule has 3 heterocycles. The summed E-state index contributed by atoms with van der Waals surface area (Å²) < 4.78 is 69.4. The molecule has 3 saturated heterocycles. The van der Waals surface area contributed by atoms with Crippen molar-refractivity contribution < 1.29 is 164 Å². The number of nitrogens with one attached hydrogen (secondary N) is 4. The number of carboxylic acids is 6. The molecule has 0 aliphatic carbocycles. The predicted molar refractivity (Wildman–Crippen MR) is 397 cm³/mol. The van der Waals surface area contributed by atoms with Crippen molar-refractivity contribution in [3.05, 3.63) is 179 Å². The van der Waals surface area contributed by atoms with E-state index in [1.54, 1.807) is 84.9 Å². The molecule has 3 aliphatic rings. The number of aliphatic carboxylic acids is 6. The molecule has 0 radical (unpaired) electrons. The molecule has 116 heavy (non-hydrogen) atoms. The van der Waals surface area contributed by atoms with Crippen LogP contribution in [-0.2, 0) is 134 Å². The highest BCUT2D eigenvalue weighted by Gasteiger charge is 2.39. The molecule has 8 rings (SSSR count). The fourth-order valence-electron chi connectivity index (χ4n) is 8.66.